The van der Waals surface area contributed by atoms with Gasteiger partial charge in [-0.1, -0.05) is 0 Å². The van der Waals surface area contributed by atoms with E-state index in [1.165, 1.54) is 0 Å². The lowest BCUT2D eigenvalue weighted by Gasteiger charge is -2.31. The minimum atomic E-state index is 0.280. The SMILES string of the molecule is Cn1cc(-c2cc3c(-c4ccc(Br)c(N5CCC(N)CC5)n4)n[nH]c3cn2)cn1. The van der Waals surface area contributed by atoms with E-state index in [-0.39, 0.29) is 6.04 Å². The fourth-order valence-electron chi connectivity index (χ4n) is 3.72. The average Bonchev–Trinajstić information content (AvgIpc) is 3.35. The summed E-state index contributed by atoms with van der Waals surface area (Å²) < 4.78 is 2.75. The van der Waals surface area contributed by atoms with Crippen molar-refractivity contribution in [2.75, 3.05) is 18.0 Å². The molecule has 5 rings (SSSR count). The van der Waals surface area contributed by atoms with Crippen molar-refractivity contribution in [1.82, 2.24) is 29.9 Å². The first-order valence-electron chi connectivity index (χ1n) is 9.59. The molecule has 0 amide bonds. The van der Waals surface area contributed by atoms with Crippen LogP contribution < -0.4 is 10.6 Å². The van der Waals surface area contributed by atoms with Crippen molar-refractivity contribution in [3.05, 3.63) is 41.3 Å². The summed E-state index contributed by atoms with van der Waals surface area (Å²) in [6.07, 6.45) is 7.52. The molecular formula is C20H21BrN8. The highest BCUT2D eigenvalue weighted by Gasteiger charge is 2.21. The summed E-state index contributed by atoms with van der Waals surface area (Å²) in [5, 5.41) is 12.8. The molecule has 0 radical (unpaired) electrons. The van der Waals surface area contributed by atoms with Crippen LogP contribution in [0.1, 0.15) is 12.8 Å². The lowest BCUT2D eigenvalue weighted by molar-refractivity contribution is 0.498. The second-order valence-electron chi connectivity index (χ2n) is 7.42. The molecule has 1 fully saturated rings. The van der Waals surface area contributed by atoms with Crippen LogP contribution in [0.5, 0.6) is 0 Å². The zero-order valence-corrected chi connectivity index (χ0v) is 17.6. The van der Waals surface area contributed by atoms with Crippen LogP contribution in [0.2, 0.25) is 0 Å². The van der Waals surface area contributed by atoms with E-state index in [2.05, 4.69) is 41.1 Å². The normalized spacial score (nSPS) is 15.3. The molecule has 148 valence electrons. The number of aromatic amines is 1. The van der Waals surface area contributed by atoms with Gasteiger partial charge in [0.1, 0.15) is 11.5 Å². The number of pyridine rings is 2. The summed E-state index contributed by atoms with van der Waals surface area (Å²) in [4.78, 5) is 11.8. The topological polar surface area (TPSA) is 102 Å². The van der Waals surface area contributed by atoms with Gasteiger partial charge in [0.05, 0.1) is 33.8 Å². The van der Waals surface area contributed by atoms with E-state index in [0.717, 1.165) is 69.8 Å². The van der Waals surface area contributed by atoms with Gasteiger partial charge in [-0.15, -0.1) is 0 Å². The summed E-state index contributed by atoms with van der Waals surface area (Å²) in [5.74, 6) is 0.937. The van der Waals surface area contributed by atoms with E-state index in [1.807, 2.05) is 37.6 Å². The van der Waals surface area contributed by atoms with E-state index in [1.54, 1.807) is 10.9 Å². The zero-order chi connectivity index (χ0) is 20.0. The minimum absolute atomic E-state index is 0.280. The van der Waals surface area contributed by atoms with Gasteiger partial charge in [-0.3, -0.25) is 14.8 Å². The first-order valence-corrected chi connectivity index (χ1v) is 10.4. The number of aryl methyl sites for hydroxylation is 1. The zero-order valence-electron chi connectivity index (χ0n) is 16.0. The number of halogens is 1. The van der Waals surface area contributed by atoms with E-state index in [0.29, 0.717) is 0 Å². The summed E-state index contributed by atoms with van der Waals surface area (Å²) >= 11 is 3.66. The number of H-pyrrole nitrogens is 1. The van der Waals surface area contributed by atoms with Crippen molar-refractivity contribution in [3.63, 3.8) is 0 Å². The number of piperidine rings is 1. The van der Waals surface area contributed by atoms with E-state index >= 15 is 0 Å². The lowest BCUT2D eigenvalue weighted by atomic mass is 10.1. The molecule has 0 bridgehead atoms. The third kappa shape index (κ3) is 3.40. The monoisotopic (exact) mass is 452 g/mol. The molecular weight excluding hydrogens is 432 g/mol. The Kier molecular flexibility index (Phi) is 4.56. The maximum atomic E-state index is 6.06. The smallest absolute Gasteiger partial charge is 0.143 e. The number of rotatable bonds is 3. The summed E-state index contributed by atoms with van der Waals surface area (Å²) in [6, 6.07) is 6.34. The van der Waals surface area contributed by atoms with Crippen LogP contribution in [0, 0.1) is 0 Å². The van der Waals surface area contributed by atoms with Gasteiger partial charge in [0.2, 0.25) is 0 Å². The van der Waals surface area contributed by atoms with Crippen LogP contribution in [0.3, 0.4) is 0 Å². The predicted molar refractivity (Wildman–Crippen MR) is 116 cm³/mol. The molecule has 29 heavy (non-hydrogen) atoms. The Balaban J connectivity index is 1.56. The Morgan fingerprint density at radius 3 is 2.76 bits per heavy atom. The van der Waals surface area contributed by atoms with Crippen molar-refractivity contribution in [2.45, 2.75) is 18.9 Å². The Hall–Kier alpha value is -2.78. The van der Waals surface area contributed by atoms with Gasteiger partial charge in [-0.05, 0) is 47.0 Å². The Morgan fingerprint density at radius 2 is 2.00 bits per heavy atom. The van der Waals surface area contributed by atoms with Crippen molar-refractivity contribution in [2.24, 2.45) is 12.8 Å². The van der Waals surface area contributed by atoms with E-state index in [4.69, 9.17) is 10.7 Å². The second kappa shape index (κ2) is 7.23. The third-order valence-electron chi connectivity index (χ3n) is 5.36. The number of nitrogens with zero attached hydrogens (tertiary/aromatic N) is 6. The maximum absolute atomic E-state index is 6.06. The van der Waals surface area contributed by atoms with Crippen LogP contribution in [-0.4, -0.2) is 49.1 Å². The molecule has 9 heteroatoms. The molecule has 0 unspecified atom stereocenters. The number of hydrogen-bond donors (Lipinski definition) is 2. The molecule has 5 heterocycles. The molecule has 8 nitrogen and oxygen atoms in total. The highest BCUT2D eigenvalue weighted by Crippen LogP contribution is 2.32. The molecule has 4 aromatic heterocycles. The lowest BCUT2D eigenvalue weighted by Crippen LogP contribution is -2.40. The van der Waals surface area contributed by atoms with Crippen molar-refractivity contribution in [3.8, 4) is 22.6 Å². The van der Waals surface area contributed by atoms with E-state index < -0.39 is 0 Å². The van der Waals surface area contributed by atoms with Gasteiger partial charge >= 0.3 is 0 Å². The van der Waals surface area contributed by atoms with Crippen LogP contribution in [0.15, 0.2) is 41.3 Å². The maximum Gasteiger partial charge on any atom is 0.143 e. The highest BCUT2D eigenvalue weighted by molar-refractivity contribution is 9.10. The Bertz CT molecular complexity index is 1170. The van der Waals surface area contributed by atoms with Crippen LogP contribution in [-0.2, 0) is 7.05 Å². The summed E-state index contributed by atoms with van der Waals surface area (Å²) in [5.41, 5.74) is 10.4. The van der Waals surface area contributed by atoms with Crippen molar-refractivity contribution >= 4 is 32.7 Å². The van der Waals surface area contributed by atoms with Gasteiger partial charge in [-0.2, -0.15) is 10.2 Å². The molecule has 0 spiro atoms. The number of nitrogens with two attached hydrogens (primary N) is 1. The largest absolute Gasteiger partial charge is 0.356 e. The molecule has 0 aliphatic carbocycles. The number of hydrogen-bond acceptors (Lipinski definition) is 6. The van der Waals surface area contributed by atoms with Crippen molar-refractivity contribution in [1.29, 1.82) is 0 Å². The minimum Gasteiger partial charge on any atom is -0.356 e. The Labute approximate surface area is 176 Å². The van der Waals surface area contributed by atoms with Gasteiger partial charge in [-0.25, -0.2) is 4.98 Å². The quantitative estimate of drug-likeness (QED) is 0.495. The van der Waals surface area contributed by atoms with Crippen LogP contribution >= 0.6 is 15.9 Å². The van der Waals surface area contributed by atoms with Crippen molar-refractivity contribution < 1.29 is 0 Å². The fourth-order valence-corrected chi connectivity index (χ4v) is 4.19. The van der Waals surface area contributed by atoms with Gasteiger partial charge in [0.25, 0.3) is 0 Å². The summed E-state index contributed by atoms with van der Waals surface area (Å²) in [7, 11) is 1.89. The standard InChI is InChI=1S/C20H21BrN8/c1-28-11-12(9-24-28)17-8-14-18(10-23-17)26-27-19(14)16-3-2-15(21)20(25-16)29-6-4-13(22)5-7-29/h2-3,8-11,13H,4-7,22H2,1H3,(H,26,27). The van der Waals surface area contributed by atoms with Gasteiger partial charge < -0.3 is 10.6 Å². The van der Waals surface area contributed by atoms with Gasteiger partial charge in [0, 0.05) is 43.3 Å². The Morgan fingerprint density at radius 1 is 1.17 bits per heavy atom. The predicted octanol–water partition coefficient (Wildman–Crippen LogP) is 3.11. The first-order chi connectivity index (χ1) is 14.1. The molecule has 0 atom stereocenters. The second-order valence-corrected chi connectivity index (χ2v) is 8.27. The summed E-state index contributed by atoms with van der Waals surface area (Å²) in [6.45, 7) is 1.82. The fraction of sp³-hybridized carbons (Fsp3) is 0.300. The first kappa shape index (κ1) is 18.3. The number of aromatic nitrogens is 6. The highest BCUT2D eigenvalue weighted by atomic mass is 79.9. The number of nitrogens with one attached hydrogen (secondary N) is 1. The molecule has 1 aliphatic rings. The molecule has 1 saturated heterocycles. The number of anilines is 1. The van der Waals surface area contributed by atoms with E-state index in [9.17, 15) is 0 Å². The molecule has 0 saturated carbocycles. The number of fused-ring (bicyclic) bond motifs is 1. The average molecular weight is 453 g/mol. The van der Waals surface area contributed by atoms with Crippen LogP contribution in [0.4, 0.5) is 5.82 Å². The van der Waals surface area contributed by atoms with Gasteiger partial charge in [0.15, 0.2) is 0 Å². The molecule has 3 N–H and O–H groups in total. The van der Waals surface area contributed by atoms with Crippen LogP contribution in [0.25, 0.3) is 33.5 Å². The third-order valence-corrected chi connectivity index (χ3v) is 5.98. The molecule has 1 aliphatic heterocycles. The molecule has 4 aromatic rings. The molecule has 0 aromatic carbocycles.